The number of aromatic hydroxyl groups is 1. The predicted molar refractivity (Wildman–Crippen MR) is 141 cm³/mol. The zero-order valence-corrected chi connectivity index (χ0v) is 23.2. The first-order valence-corrected chi connectivity index (χ1v) is 13.4. The van der Waals surface area contributed by atoms with Crippen molar-refractivity contribution in [3.63, 3.8) is 0 Å². The Labute approximate surface area is 238 Å². The molecule has 198 valence electrons. The molecule has 7 atom stereocenters. The molecule has 6 aliphatic carbocycles. The maximum atomic E-state index is 12.0. The molecule has 4 bridgehead atoms. The molecule has 2 spiro atoms. The summed E-state index contributed by atoms with van der Waals surface area (Å²) in [5.41, 5.74) is 0.181. The van der Waals surface area contributed by atoms with E-state index in [2.05, 4.69) is 30.2 Å². The van der Waals surface area contributed by atoms with Crippen LogP contribution in [0.3, 0.4) is 0 Å². The summed E-state index contributed by atoms with van der Waals surface area (Å²) < 4.78 is 13.2. The molecule has 3 saturated carbocycles. The second-order valence-electron chi connectivity index (χ2n) is 11.8. The molecule has 2 aliphatic heterocycles. The van der Waals surface area contributed by atoms with Crippen LogP contribution in [0.25, 0.3) is 0 Å². The number of aliphatic hydroxyl groups is 1. The number of nitrogens with zero attached hydrogens (tertiary/aromatic N) is 1. The Hall–Kier alpha value is -1.04. The summed E-state index contributed by atoms with van der Waals surface area (Å²) in [6, 6.07) is 4.18. The Morgan fingerprint density at radius 1 is 1.05 bits per heavy atom. The van der Waals surface area contributed by atoms with Gasteiger partial charge in [0.2, 0.25) is 0 Å². The molecular weight excluding hydrogens is 518 g/mol. The van der Waals surface area contributed by atoms with E-state index >= 15 is 0 Å². The van der Waals surface area contributed by atoms with Crippen LogP contribution < -0.4 is 4.74 Å². The average molecular weight is 553 g/mol. The van der Waals surface area contributed by atoms with Crippen molar-refractivity contribution in [2.24, 2.45) is 11.3 Å². The second-order valence-corrected chi connectivity index (χ2v) is 11.8. The second kappa shape index (κ2) is 9.24. The zero-order chi connectivity index (χ0) is 25.6. The minimum absolute atomic E-state index is 0. The first-order valence-electron chi connectivity index (χ1n) is 13.4. The number of piperidine rings is 1. The van der Waals surface area contributed by atoms with Crippen molar-refractivity contribution in [1.29, 1.82) is 0 Å². The quantitative estimate of drug-likeness (QED) is 0.441. The molecule has 1 aromatic rings. The van der Waals surface area contributed by atoms with Gasteiger partial charge in [-0.25, -0.2) is 0 Å². The summed E-state index contributed by atoms with van der Waals surface area (Å²) in [7, 11) is 3.98. The summed E-state index contributed by atoms with van der Waals surface area (Å²) >= 11 is 0. The van der Waals surface area contributed by atoms with Gasteiger partial charge in [0.25, 0.3) is 0 Å². The molecule has 6 heteroatoms. The van der Waals surface area contributed by atoms with Crippen LogP contribution in [0.5, 0.6) is 11.5 Å². The number of methoxy groups -OCH3 is 1. The minimum Gasteiger partial charge on any atom is -0.504 e. The standard InChI is InChI=1S/C27H30NO4.C5H5.Fe/c1-24(30,17-6-4-5-7-17)19-15-25-10-11-27(19,31-3)23-26(25)12-13-28(2)20(25)14-16-8-9-18(29)22(32-23)21(16)26;1-2-4-5-3-1;/h4-11,19-20,23,29-30H,12-15H2,1-3H3;1-5H;/q;;+2/t19-,20-,23-,24-,25-,26+,27+;;/m1../s1. The smallest absolute Gasteiger partial charge is 0.504 e. The maximum Gasteiger partial charge on any atom is 2.00 e. The maximum absolute atomic E-state index is 12.0. The van der Waals surface area contributed by atoms with Crippen molar-refractivity contribution in [2.75, 3.05) is 20.7 Å². The SMILES string of the molecule is CO[C@@]12C=C[C@@]3(C[C@@H]1[C@](C)(O)[C]1[CH][CH][CH][CH]1)[C@H]1Cc4ccc(O)c5c4[C@@]3(CCN1C)[C@H]2O5.[CH]1[CH][CH][CH][CH]1.[Fe+2]. The van der Waals surface area contributed by atoms with Gasteiger partial charge in [-0.3, -0.25) is 0 Å². The number of phenolic OH excluding ortho intramolecular Hbond substituents is 1. The van der Waals surface area contributed by atoms with Crippen LogP contribution in [0.1, 0.15) is 30.9 Å². The van der Waals surface area contributed by atoms with Crippen molar-refractivity contribution in [2.45, 2.75) is 54.9 Å². The van der Waals surface area contributed by atoms with Gasteiger partial charge >= 0.3 is 17.1 Å². The van der Waals surface area contributed by atoms with Gasteiger partial charge in [0, 0.05) is 36.0 Å². The molecule has 2 heterocycles. The van der Waals surface area contributed by atoms with Crippen LogP contribution in [0, 0.1) is 75.0 Å². The van der Waals surface area contributed by atoms with E-state index in [1.807, 2.05) is 64.7 Å². The molecule has 4 fully saturated rings. The van der Waals surface area contributed by atoms with Gasteiger partial charge in [-0.05, 0) is 109 Å². The molecule has 5 nitrogen and oxygen atoms in total. The van der Waals surface area contributed by atoms with Gasteiger partial charge in [0.15, 0.2) is 11.5 Å². The molecule has 0 aromatic heterocycles. The van der Waals surface area contributed by atoms with Crippen LogP contribution in [-0.4, -0.2) is 59.2 Å². The molecule has 8 aliphatic rings. The Balaban J connectivity index is 0.000000398. The van der Waals surface area contributed by atoms with Crippen molar-refractivity contribution in [3.8, 4) is 11.5 Å². The third-order valence-electron chi connectivity index (χ3n) is 10.6. The number of fused-ring (bicyclic) bond motifs is 1. The number of phenols is 1. The fourth-order valence-electron chi connectivity index (χ4n) is 8.93. The molecule has 9 rings (SSSR count). The van der Waals surface area contributed by atoms with Gasteiger partial charge in [0.1, 0.15) is 11.7 Å². The number of hydrogen-bond acceptors (Lipinski definition) is 5. The summed E-state index contributed by atoms with van der Waals surface area (Å²) in [5.74, 6) is 1.58. The van der Waals surface area contributed by atoms with Gasteiger partial charge in [0.05, 0.1) is 11.0 Å². The zero-order valence-electron chi connectivity index (χ0n) is 22.1. The largest absolute Gasteiger partial charge is 2.00 e. The Bertz CT molecular complexity index is 1100. The van der Waals surface area contributed by atoms with Crippen molar-refractivity contribution in [1.82, 2.24) is 4.90 Å². The molecule has 1 saturated heterocycles. The topological polar surface area (TPSA) is 62.2 Å². The number of rotatable bonds is 3. The van der Waals surface area contributed by atoms with E-state index in [1.54, 1.807) is 13.2 Å². The van der Waals surface area contributed by atoms with E-state index in [0.29, 0.717) is 11.8 Å². The molecule has 1 aromatic carbocycles. The minimum atomic E-state index is -1.08. The molecular formula is C32H35FeNO4+2. The first kappa shape index (κ1) is 27.1. The van der Waals surface area contributed by atoms with Crippen molar-refractivity contribution >= 4 is 0 Å². The van der Waals surface area contributed by atoms with Crippen molar-refractivity contribution < 1.29 is 36.8 Å². The van der Waals surface area contributed by atoms with E-state index in [1.165, 1.54) is 11.1 Å². The molecule has 2 N–H and O–H groups in total. The predicted octanol–water partition coefficient (Wildman–Crippen LogP) is 3.79. The molecule has 0 amide bonds. The van der Waals surface area contributed by atoms with E-state index in [-0.39, 0.29) is 45.7 Å². The number of hydrogen-bond donors (Lipinski definition) is 2. The van der Waals surface area contributed by atoms with Gasteiger partial charge in [-0.15, -0.1) is 0 Å². The molecule has 38 heavy (non-hydrogen) atoms. The first-order chi connectivity index (χ1) is 17.8. The van der Waals surface area contributed by atoms with E-state index < -0.39 is 11.2 Å². The summed E-state index contributed by atoms with van der Waals surface area (Å²) in [4.78, 5) is 2.50. The third-order valence-corrected chi connectivity index (χ3v) is 10.6. The van der Waals surface area contributed by atoms with E-state index in [4.69, 9.17) is 9.47 Å². The summed E-state index contributed by atoms with van der Waals surface area (Å²) in [6.45, 7) is 2.91. The fraction of sp³-hybridized carbons (Fsp3) is 0.438. The van der Waals surface area contributed by atoms with E-state index in [9.17, 15) is 10.2 Å². The Kier molecular flexibility index (Phi) is 6.60. The van der Waals surface area contributed by atoms with E-state index in [0.717, 1.165) is 31.7 Å². The number of likely N-dealkylation sites (N-methyl/N-ethyl adjacent to an activating group) is 1. The monoisotopic (exact) mass is 553 g/mol. The van der Waals surface area contributed by atoms with Crippen LogP contribution in [0.4, 0.5) is 0 Å². The van der Waals surface area contributed by atoms with Crippen LogP contribution in [0.15, 0.2) is 24.3 Å². The van der Waals surface area contributed by atoms with Crippen LogP contribution in [-0.2, 0) is 33.6 Å². The van der Waals surface area contributed by atoms with Crippen LogP contribution >= 0.6 is 0 Å². The normalized spacial score (nSPS) is 41.5. The van der Waals surface area contributed by atoms with Crippen LogP contribution in [0.2, 0.25) is 0 Å². The Morgan fingerprint density at radius 3 is 2.39 bits per heavy atom. The van der Waals surface area contributed by atoms with Gasteiger partial charge in [-0.2, -0.15) is 0 Å². The third kappa shape index (κ3) is 3.22. The number of ether oxygens (including phenoxy) is 2. The van der Waals surface area contributed by atoms with Gasteiger partial charge in [-0.1, -0.05) is 18.2 Å². The number of benzene rings is 1. The molecule has 0 unspecified atom stereocenters. The summed E-state index contributed by atoms with van der Waals surface area (Å²) in [6.07, 6.45) is 25.0. The fourth-order valence-corrected chi connectivity index (χ4v) is 8.93. The molecule has 10 radical (unpaired) electrons. The van der Waals surface area contributed by atoms with Crippen molar-refractivity contribution in [3.05, 3.63) is 99.1 Å². The van der Waals surface area contributed by atoms with Gasteiger partial charge < -0.3 is 24.6 Å². The number of likely N-dealkylation sites (tertiary alicyclic amines) is 1. The average Bonchev–Trinajstić information content (AvgIpc) is 3.69. The Morgan fingerprint density at radius 2 is 1.74 bits per heavy atom. The summed E-state index contributed by atoms with van der Waals surface area (Å²) in [5, 5.41) is 22.9.